The zero-order valence-corrected chi connectivity index (χ0v) is 15.4. The first-order chi connectivity index (χ1) is 12.5. The van der Waals surface area contributed by atoms with Crippen LogP contribution in [0.1, 0.15) is 37.2 Å². The van der Waals surface area contributed by atoms with Crippen molar-refractivity contribution >= 4 is 28.1 Å². The number of rotatable bonds is 3. The molecule has 138 valence electrons. The SMILES string of the molecule is CC1CCCN(C(=O)c2csc(Nc3ccc4c(c3F)OCO4)n2)C1C. The summed E-state index contributed by atoms with van der Waals surface area (Å²) >= 11 is 1.27. The molecule has 0 saturated carbocycles. The highest BCUT2D eigenvalue weighted by Crippen LogP contribution is 2.39. The average Bonchev–Trinajstić information content (AvgIpc) is 3.29. The summed E-state index contributed by atoms with van der Waals surface area (Å²) in [6.45, 7) is 5.01. The van der Waals surface area contributed by atoms with E-state index < -0.39 is 5.82 Å². The zero-order valence-electron chi connectivity index (χ0n) is 14.6. The average molecular weight is 377 g/mol. The molecule has 1 saturated heterocycles. The van der Waals surface area contributed by atoms with Crippen molar-refractivity contribution in [1.82, 2.24) is 9.88 Å². The van der Waals surface area contributed by atoms with E-state index >= 15 is 0 Å². The molecule has 2 aliphatic rings. The van der Waals surface area contributed by atoms with Crippen LogP contribution in [0.5, 0.6) is 11.5 Å². The molecular formula is C18H20FN3O3S. The van der Waals surface area contributed by atoms with E-state index in [-0.39, 0.29) is 30.2 Å². The number of aromatic nitrogens is 1. The highest BCUT2D eigenvalue weighted by Gasteiger charge is 2.30. The Hall–Kier alpha value is -2.35. The molecular weight excluding hydrogens is 357 g/mol. The fraction of sp³-hybridized carbons (Fsp3) is 0.444. The van der Waals surface area contributed by atoms with E-state index in [1.165, 1.54) is 11.3 Å². The second-order valence-electron chi connectivity index (χ2n) is 6.68. The number of carbonyl (C=O) groups excluding carboxylic acids is 1. The van der Waals surface area contributed by atoms with Gasteiger partial charge in [0.2, 0.25) is 12.5 Å². The monoisotopic (exact) mass is 377 g/mol. The number of carbonyl (C=O) groups is 1. The van der Waals surface area contributed by atoms with Gasteiger partial charge in [0, 0.05) is 18.0 Å². The lowest BCUT2D eigenvalue weighted by Crippen LogP contribution is -2.46. The van der Waals surface area contributed by atoms with Gasteiger partial charge < -0.3 is 19.7 Å². The molecule has 1 amide bonds. The lowest BCUT2D eigenvalue weighted by atomic mass is 9.92. The fourth-order valence-electron chi connectivity index (χ4n) is 3.35. The van der Waals surface area contributed by atoms with Crippen LogP contribution in [0, 0.1) is 11.7 Å². The Morgan fingerprint density at radius 3 is 3.08 bits per heavy atom. The summed E-state index contributed by atoms with van der Waals surface area (Å²) in [4.78, 5) is 19.0. The number of ether oxygens (including phenoxy) is 2. The number of fused-ring (bicyclic) bond motifs is 1. The molecule has 6 nitrogen and oxygen atoms in total. The van der Waals surface area contributed by atoms with Crippen molar-refractivity contribution in [2.75, 3.05) is 18.7 Å². The van der Waals surface area contributed by atoms with Crippen molar-refractivity contribution in [2.45, 2.75) is 32.7 Å². The van der Waals surface area contributed by atoms with Crippen LogP contribution in [0.3, 0.4) is 0 Å². The van der Waals surface area contributed by atoms with E-state index in [4.69, 9.17) is 9.47 Å². The number of hydrogen-bond donors (Lipinski definition) is 1. The first-order valence-corrected chi connectivity index (χ1v) is 9.54. The zero-order chi connectivity index (χ0) is 18.3. The maximum Gasteiger partial charge on any atom is 0.273 e. The summed E-state index contributed by atoms with van der Waals surface area (Å²) in [6, 6.07) is 3.41. The first-order valence-electron chi connectivity index (χ1n) is 8.66. The molecule has 26 heavy (non-hydrogen) atoms. The van der Waals surface area contributed by atoms with Gasteiger partial charge in [0.25, 0.3) is 5.91 Å². The van der Waals surface area contributed by atoms with E-state index in [0.717, 1.165) is 19.4 Å². The molecule has 0 bridgehead atoms. The van der Waals surface area contributed by atoms with Crippen LogP contribution < -0.4 is 14.8 Å². The van der Waals surface area contributed by atoms with Gasteiger partial charge in [0.15, 0.2) is 16.7 Å². The van der Waals surface area contributed by atoms with Gasteiger partial charge in [-0.15, -0.1) is 11.3 Å². The number of piperidine rings is 1. The molecule has 1 aromatic carbocycles. The smallest absolute Gasteiger partial charge is 0.273 e. The summed E-state index contributed by atoms with van der Waals surface area (Å²) in [6.07, 6.45) is 2.15. The predicted octanol–water partition coefficient (Wildman–Crippen LogP) is 4.02. The molecule has 2 unspecified atom stereocenters. The molecule has 0 aliphatic carbocycles. The molecule has 8 heteroatoms. The maximum absolute atomic E-state index is 14.4. The molecule has 4 rings (SSSR count). The second kappa shape index (κ2) is 6.75. The third-order valence-corrected chi connectivity index (χ3v) is 5.84. The summed E-state index contributed by atoms with van der Waals surface area (Å²) in [7, 11) is 0. The lowest BCUT2D eigenvalue weighted by Gasteiger charge is -2.37. The van der Waals surface area contributed by atoms with E-state index in [2.05, 4.69) is 24.1 Å². The minimum absolute atomic E-state index is 0.0120. The first kappa shape index (κ1) is 17.1. The van der Waals surface area contributed by atoms with Crippen LogP contribution in [-0.2, 0) is 0 Å². The van der Waals surface area contributed by atoms with Gasteiger partial charge in [-0.05, 0) is 37.8 Å². The molecule has 1 fully saturated rings. The molecule has 2 aromatic rings. The molecule has 1 N–H and O–H groups in total. The van der Waals surface area contributed by atoms with Crippen LogP contribution in [0.4, 0.5) is 15.2 Å². The van der Waals surface area contributed by atoms with E-state index in [1.807, 2.05) is 4.90 Å². The Kier molecular flexibility index (Phi) is 4.44. The molecule has 0 radical (unpaired) electrons. The van der Waals surface area contributed by atoms with Gasteiger partial charge in [0.05, 0.1) is 5.69 Å². The number of thiazole rings is 1. The number of hydrogen-bond acceptors (Lipinski definition) is 6. The second-order valence-corrected chi connectivity index (χ2v) is 7.54. The molecule has 1 aromatic heterocycles. The third kappa shape index (κ3) is 2.98. The van der Waals surface area contributed by atoms with Gasteiger partial charge >= 0.3 is 0 Å². The number of amides is 1. The van der Waals surface area contributed by atoms with Gasteiger partial charge in [0.1, 0.15) is 5.69 Å². The van der Waals surface area contributed by atoms with Gasteiger partial charge in [-0.2, -0.15) is 0 Å². The highest BCUT2D eigenvalue weighted by atomic mass is 32.1. The van der Waals surface area contributed by atoms with Gasteiger partial charge in [-0.25, -0.2) is 9.37 Å². The Morgan fingerprint density at radius 2 is 2.23 bits per heavy atom. The highest BCUT2D eigenvalue weighted by molar-refractivity contribution is 7.14. The third-order valence-electron chi connectivity index (χ3n) is 5.08. The van der Waals surface area contributed by atoms with Crippen LogP contribution >= 0.6 is 11.3 Å². The molecule has 2 aliphatic heterocycles. The van der Waals surface area contributed by atoms with Crippen molar-refractivity contribution in [3.8, 4) is 11.5 Å². The minimum atomic E-state index is -0.526. The van der Waals surface area contributed by atoms with Crippen LogP contribution in [-0.4, -0.2) is 35.2 Å². The predicted molar refractivity (Wildman–Crippen MR) is 96.8 cm³/mol. The van der Waals surface area contributed by atoms with E-state index in [1.54, 1.807) is 17.5 Å². The number of halogens is 1. The summed E-state index contributed by atoms with van der Waals surface area (Å²) in [5.74, 6) is 0.364. The summed E-state index contributed by atoms with van der Waals surface area (Å²) in [5, 5.41) is 5.10. The number of benzene rings is 1. The van der Waals surface area contributed by atoms with Gasteiger partial charge in [-0.3, -0.25) is 4.79 Å². The van der Waals surface area contributed by atoms with Crippen molar-refractivity contribution in [3.05, 3.63) is 29.0 Å². The minimum Gasteiger partial charge on any atom is -0.453 e. The van der Waals surface area contributed by atoms with Crippen molar-refractivity contribution < 1.29 is 18.7 Å². The number of likely N-dealkylation sites (tertiary alicyclic amines) is 1. The standard InChI is InChI=1S/C18H20FN3O3S/c1-10-4-3-7-22(11(10)2)17(23)13-8-26-18(21-13)20-12-5-6-14-16(15(12)19)25-9-24-14/h5-6,8,10-11H,3-4,7,9H2,1-2H3,(H,20,21). The van der Waals surface area contributed by atoms with E-state index in [0.29, 0.717) is 22.5 Å². The maximum atomic E-state index is 14.4. The Morgan fingerprint density at radius 1 is 1.38 bits per heavy atom. The van der Waals surface area contributed by atoms with Crippen LogP contribution in [0.25, 0.3) is 0 Å². The Bertz CT molecular complexity index is 841. The van der Waals surface area contributed by atoms with Crippen LogP contribution in [0.2, 0.25) is 0 Å². The molecule has 0 spiro atoms. The number of nitrogens with one attached hydrogen (secondary N) is 1. The number of nitrogens with zero attached hydrogens (tertiary/aromatic N) is 2. The normalized spacial score (nSPS) is 21.7. The van der Waals surface area contributed by atoms with Crippen LogP contribution in [0.15, 0.2) is 17.5 Å². The van der Waals surface area contributed by atoms with Crippen molar-refractivity contribution in [1.29, 1.82) is 0 Å². The number of anilines is 2. The fourth-order valence-corrected chi connectivity index (χ4v) is 4.05. The lowest BCUT2D eigenvalue weighted by molar-refractivity contribution is 0.0546. The van der Waals surface area contributed by atoms with Gasteiger partial charge in [-0.1, -0.05) is 6.92 Å². The van der Waals surface area contributed by atoms with Crippen molar-refractivity contribution in [2.24, 2.45) is 5.92 Å². The van der Waals surface area contributed by atoms with Crippen molar-refractivity contribution in [3.63, 3.8) is 0 Å². The quantitative estimate of drug-likeness (QED) is 0.875. The Labute approximate surface area is 154 Å². The summed E-state index contributed by atoms with van der Waals surface area (Å²) in [5.41, 5.74) is 0.627. The largest absolute Gasteiger partial charge is 0.453 e. The topological polar surface area (TPSA) is 63.7 Å². The Balaban J connectivity index is 1.51. The van der Waals surface area contributed by atoms with E-state index in [9.17, 15) is 9.18 Å². The molecule has 2 atom stereocenters. The summed E-state index contributed by atoms with van der Waals surface area (Å²) < 4.78 is 24.7. The molecule has 3 heterocycles.